The third kappa shape index (κ3) is 2.37. The normalized spacial score (nSPS) is 27.4. The number of aromatic nitrogens is 2. The molecule has 1 aromatic rings. The van der Waals surface area contributed by atoms with Crippen LogP contribution in [0.5, 0.6) is 0 Å². The highest BCUT2D eigenvalue weighted by atomic mass is 16.3. The number of aliphatic hydroxyl groups excluding tert-OH is 2. The zero-order valence-electron chi connectivity index (χ0n) is 8.87. The van der Waals surface area contributed by atoms with Gasteiger partial charge in [0, 0.05) is 45.5 Å². The molecule has 0 spiro atoms. The van der Waals surface area contributed by atoms with Crippen LogP contribution in [0.3, 0.4) is 0 Å². The Bertz CT molecular complexity index is 316. The molecule has 2 rings (SSSR count). The van der Waals surface area contributed by atoms with Gasteiger partial charge in [-0.2, -0.15) is 0 Å². The fraction of sp³-hybridized carbons (Fsp3) is 0.700. The van der Waals surface area contributed by atoms with Crippen LogP contribution in [0.4, 0.5) is 0 Å². The molecule has 2 atom stereocenters. The summed E-state index contributed by atoms with van der Waals surface area (Å²) < 4.78 is 1.99. The standard InChI is InChI=1S/C10H17N3O2/c1-12-5-3-11-10(12)2-4-13-6-8(14)9(15)7-13/h3,5,8-9,14-15H,2,4,6-7H2,1H3. The van der Waals surface area contributed by atoms with Crippen LogP contribution in [0.2, 0.25) is 0 Å². The molecule has 0 radical (unpaired) electrons. The molecule has 5 heteroatoms. The van der Waals surface area contributed by atoms with Crippen molar-refractivity contribution in [3.8, 4) is 0 Å². The second kappa shape index (κ2) is 4.30. The average Bonchev–Trinajstić information content (AvgIpc) is 2.72. The van der Waals surface area contributed by atoms with Crippen molar-refractivity contribution in [2.24, 2.45) is 7.05 Å². The van der Waals surface area contributed by atoms with Crippen LogP contribution in [0.25, 0.3) is 0 Å². The molecule has 15 heavy (non-hydrogen) atoms. The maximum Gasteiger partial charge on any atom is 0.109 e. The van der Waals surface area contributed by atoms with Gasteiger partial charge >= 0.3 is 0 Å². The fourth-order valence-corrected chi connectivity index (χ4v) is 1.93. The predicted molar refractivity (Wildman–Crippen MR) is 55.4 cm³/mol. The number of rotatable bonds is 3. The fourth-order valence-electron chi connectivity index (χ4n) is 1.93. The average molecular weight is 211 g/mol. The maximum atomic E-state index is 9.37. The van der Waals surface area contributed by atoms with E-state index < -0.39 is 12.2 Å². The first-order valence-electron chi connectivity index (χ1n) is 5.21. The first-order chi connectivity index (χ1) is 7.16. The zero-order valence-corrected chi connectivity index (χ0v) is 8.87. The van der Waals surface area contributed by atoms with E-state index in [0.29, 0.717) is 13.1 Å². The van der Waals surface area contributed by atoms with Gasteiger partial charge in [-0.1, -0.05) is 0 Å². The highest BCUT2D eigenvalue weighted by molar-refractivity contribution is 4.93. The van der Waals surface area contributed by atoms with Crippen molar-refractivity contribution in [3.63, 3.8) is 0 Å². The Morgan fingerprint density at radius 1 is 1.40 bits per heavy atom. The molecule has 1 aliphatic heterocycles. The van der Waals surface area contributed by atoms with Crippen LogP contribution in [0.15, 0.2) is 12.4 Å². The van der Waals surface area contributed by atoms with Gasteiger partial charge in [0.1, 0.15) is 5.82 Å². The summed E-state index contributed by atoms with van der Waals surface area (Å²) in [5.74, 6) is 1.03. The molecule has 2 heterocycles. The Hall–Kier alpha value is -0.910. The van der Waals surface area contributed by atoms with Crippen LogP contribution >= 0.6 is 0 Å². The Labute approximate surface area is 89.0 Å². The second-order valence-electron chi connectivity index (χ2n) is 4.10. The number of nitrogens with zero attached hydrogens (tertiary/aromatic N) is 3. The Kier molecular flexibility index (Phi) is 3.04. The summed E-state index contributed by atoms with van der Waals surface area (Å²) in [6.45, 7) is 1.95. The number of likely N-dealkylation sites (tertiary alicyclic amines) is 1. The summed E-state index contributed by atoms with van der Waals surface area (Å²) in [5, 5.41) is 18.7. The lowest BCUT2D eigenvalue weighted by Gasteiger charge is -2.13. The molecule has 1 saturated heterocycles. The van der Waals surface area contributed by atoms with Crippen LogP contribution in [-0.4, -0.2) is 56.5 Å². The van der Waals surface area contributed by atoms with Crippen molar-refractivity contribution in [2.45, 2.75) is 18.6 Å². The summed E-state index contributed by atoms with van der Waals surface area (Å²) in [5.41, 5.74) is 0. The molecule has 1 aromatic heterocycles. The van der Waals surface area contributed by atoms with Crippen LogP contribution in [-0.2, 0) is 13.5 Å². The zero-order chi connectivity index (χ0) is 10.8. The van der Waals surface area contributed by atoms with Crippen molar-refractivity contribution in [2.75, 3.05) is 19.6 Å². The Morgan fingerprint density at radius 3 is 2.60 bits per heavy atom. The minimum Gasteiger partial charge on any atom is -0.389 e. The molecule has 1 fully saturated rings. The van der Waals surface area contributed by atoms with Gasteiger partial charge in [0.2, 0.25) is 0 Å². The quantitative estimate of drug-likeness (QED) is 0.673. The number of aryl methyl sites for hydroxylation is 1. The summed E-state index contributed by atoms with van der Waals surface area (Å²) >= 11 is 0. The predicted octanol–water partition coefficient (Wildman–Crippen LogP) is -1.00. The minimum atomic E-state index is -0.591. The molecule has 84 valence electrons. The lowest BCUT2D eigenvalue weighted by Crippen LogP contribution is -2.25. The molecule has 0 aromatic carbocycles. The lowest BCUT2D eigenvalue weighted by atomic mass is 10.3. The lowest BCUT2D eigenvalue weighted by molar-refractivity contribution is 0.0572. The van der Waals surface area contributed by atoms with Gasteiger partial charge < -0.3 is 14.8 Å². The van der Waals surface area contributed by atoms with Gasteiger partial charge in [-0.3, -0.25) is 4.90 Å². The monoisotopic (exact) mass is 211 g/mol. The SMILES string of the molecule is Cn1ccnc1CCN1CC(O)C(O)C1. The highest BCUT2D eigenvalue weighted by Gasteiger charge is 2.28. The maximum absolute atomic E-state index is 9.37. The number of hydrogen-bond acceptors (Lipinski definition) is 4. The van der Waals surface area contributed by atoms with Gasteiger partial charge in [0.15, 0.2) is 0 Å². The van der Waals surface area contributed by atoms with E-state index in [2.05, 4.69) is 9.88 Å². The van der Waals surface area contributed by atoms with Crippen LogP contribution in [0.1, 0.15) is 5.82 Å². The third-order valence-electron chi connectivity index (χ3n) is 2.91. The molecule has 5 nitrogen and oxygen atoms in total. The molecule has 0 aliphatic carbocycles. The Morgan fingerprint density at radius 2 is 2.07 bits per heavy atom. The van der Waals surface area contributed by atoms with E-state index in [1.807, 2.05) is 17.8 Å². The molecule has 0 amide bonds. The van der Waals surface area contributed by atoms with E-state index in [1.165, 1.54) is 0 Å². The highest BCUT2D eigenvalue weighted by Crippen LogP contribution is 2.10. The summed E-state index contributed by atoms with van der Waals surface area (Å²) in [6.07, 6.45) is 3.37. The molecular formula is C10H17N3O2. The van der Waals surface area contributed by atoms with Gasteiger partial charge in [-0.05, 0) is 0 Å². The van der Waals surface area contributed by atoms with Gasteiger partial charge in [-0.25, -0.2) is 4.98 Å². The number of imidazole rings is 1. The van der Waals surface area contributed by atoms with Gasteiger partial charge in [0.25, 0.3) is 0 Å². The smallest absolute Gasteiger partial charge is 0.109 e. The van der Waals surface area contributed by atoms with E-state index in [4.69, 9.17) is 0 Å². The van der Waals surface area contributed by atoms with Crippen molar-refractivity contribution in [3.05, 3.63) is 18.2 Å². The molecular weight excluding hydrogens is 194 g/mol. The van der Waals surface area contributed by atoms with Crippen LogP contribution < -0.4 is 0 Å². The van der Waals surface area contributed by atoms with Gasteiger partial charge in [0.05, 0.1) is 12.2 Å². The molecule has 0 bridgehead atoms. The summed E-state index contributed by atoms with van der Waals surface area (Å²) in [4.78, 5) is 6.29. The summed E-state index contributed by atoms with van der Waals surface area (Å²) in [7, 11) is 1.97. The van der Waals surface area contributed by atoms with Crippen molar-refractivity contribution < 1.29 is 10.2 Å². The number of aliphatic hydroxyl groups is 2. The number of hydrogen-bond donors (Lipinski definition) is 2. The topological polar surface area (TPSA) is 61.5 Å². The molecule has 0 saturated carbocycles. The van der Waals surface area contributed by atoms with E-state index in [0.717, 1.165) is 18.8 Å². The van der Waals surface area contributed by atoms with Crippen molar-refractivity contribution in [1.82, 2.24) is 14.5 Å². The molecule has 2 N–H and O–H groups in total. The first-order valence-corrected chi connectivity index (χ1v) is 5.21. The van der Waals surface area contributed by atoms with Crippen molar-refractivity contribution >= 4 is 0 Å². The van der Waals surface area contributed by atoms with Crippen LogP contribution in [0, 0.1) is 0 Å². The first kappa shape index (κ1) is 10.6. The summed E-state index contributed by atoms with van der Waals surface area (Å²) in [6, 6.07) is 0. The van der Waals surface area contributed by atoms with Crippen molar-refractivity contribution in [1.29, 1.82) is 0 Å². The van der Waals surface area contributed by atoms with E-state index in [1.54, 1.807) is 6.20 Å². The number of β-amino-alcohol motifs (C(OH)–C–C–N with tert-alkyl or cyclic N) is 2. The minimum absolute atomic E-state index is 0.561. The van der Waals surface area contributed by atoms with Gasteiger partial charge in [-0.15, -0.1) is 0 Å². The molecule has 2 unspecified atom stereocenters. The third-order valence-corrected chi connectivity index (χ3v) is 2.91. The Balaban J connectivity index is 1.82. The van der Waals surface area contributed by atoms with E-state index >= 15 is 0 Å². The van der Waals surface area contributed by atoms with E-state index in [9.17, 15) is 10.2 Å². The van der Waals surface area contributed by atoms with E-state index in [-0.39, 0.29) is 0 Å². The largest absolute Gasteiger partial charge is 0.389 e. The molecule has 1 aliphatic rings. The second-order valence-corrected chi connectivity index (χ2v) is 4.10.